The van der Waals surface area contributed by atoms with Crippen LogP contribution < -0.4 is 5.32 Å². The third kappa shape index (κ3) is 3.88. The molecule has 0 bridgehead atoms. The molecule has 0 atom stereocenters. The quantitative estimate of drug-likeness (QED) is 0.650. The summed E-state index contributed by atoms with van der Waals surface area (Å²) in [7, 11) is 0. The molecule has 1 N–H and O–H groups in total. The molecule has 1 aromatic heterocycles. The van der Waals surface area contributed by atoms with Crippen LogP contribution in [0.2, 0.25) is 0 Å². The predicted molar refractivity (Wildman–Crippen MR) is 90.6 cm³/mol. The molecule has 1 heterocycles. The van der Waals surface area contributed by atoms with Crippen LogP contribution in [0.3, 0.4) is 0 Å². The minimum Gasteiger partial charge on any atom is -0.343 e. The fourth-order valence-electron chi connectivity index (χ4n) is 3.09. The SMILES string of the molecule is CCCCCCCn1c(CNC2CC2)cc2ccccc21. The fourth-order valence-corrected chi connectivity index (χ4v) is 3.09. The van der Waals surface area contributed by atoms with Gasteiger partial charge in [-0.3, -0.25) is 0 Å². The zero-order valence-corrected chi connectivity index (χ0v) is 13.3. The van der Waals surface area contributed by atoms with Crippen molar-refractivity contribution >= 4 is 10.9 Å². The first kappa shape index (κ1) is 14.6. The molecule has 2 nitrogen and oxygen atoms in total. The maximum atomic E-state index is 3.66. The summed E-state index contributed by atoms with van der Waals surface area (Å²) in [5.74, 6) is 0. The van der Waals surface area contributed by atoms with E-state index >= 15 is 0 Å². The van der Waals surface area contributed by atoms with Crippen molar-refractivity contribution in [1.29, 1.82) is 0 Å². The smallest absolute Gasteiger partial charge is 0.0482 e. The molecule has 2 heteroatoms. The topological polar surface area (TPSA) is 17.0 Å². The fraction of sp³-hybridized carbons (Fsp3) is 0.579. The molecule has 3 rings (SSSR count). The summed E-state index contributed by atoms with van der Waals surface area (Å²) in [6, 6.07) is 12.0. The predicted octanol–water partition coefficient (Wildman–Crippen LogP) is 4.86. The highest BCUT2D eigenvalue weighted by molar-refractivity contribution is 5.81. The number of para-hydroxylation sites is 1. The molecule has 1 fully saturated rings. The molecule has 1 aliphatic rings. The van der Waals surface area contributed by atoms with E-state index < -0.39 is 0 Å². The molecule has 0 radical (unpaired) electrons. The number of unbranched alkanes of at least 4 members (excludes halogenated alkanes) is 4. The first-order valence-electron chi connectivity index (χ1n) is 8.69. The zero-order valence-electron chi connectivity index (χ0n) is 13.3. The second kappa shape index (κ2) is 7.13. The largest absolute Gasteiger partial charge is 0.343 e. The van der Waals surface area contributed by atoms with Crippen molar-refractivity contribution in [2.75, 3.05) is 0 Å². The highest BCUT2D eigenvalue weighted by Gasteiger charge is 2.20. The van der Waals surface area contributed by atoms with Gasteiger partial charge in [0.15, 0.2) is 0 Å². The Morgan fingerprint density at radius 2 is 1.90 bits per heavy atom. The number of aromatic nitrogens is 1. The lowest BCUT2D eigenvalue weighted by molar-refractivity contribution is 0.554. The van der Waals surface area contributed by atoms with Crippen molar-refractivity contribution in [2.45, 2.75) is 71.0 Å². The van der Waals surface area contributed by atoms with E-state index in [1.807, 2.05) is 0 Å². The van der Waals surface area contributed by atoms with Crippen LogP contribution in [-0.2, 0) is 13.1 Å². The van der Waals surface area contributed by atoms with Gasteiger partial charge in [0, 0.05) is 30.3 Å². The minimum absolute atomic E-state index is 0.779. The number of nitrogens with zero attached hydrogens (tertiary/aromatic N) is 1. The Hall–Kier alpha value is -1.28. The summed E-state index contributed by atoms with van der Waals surface area (Å²) >= 11 is 0. The third-order valence-electron chi connectivity index (χ3n) is 4.53. The van der Waals surface area contributed by atoms with Gasteiger partial charge in [-0.25, -0.2) is 0 Å². The number of hydrogen-bond donors (Lipinski definition) is 1. The maximum Gasteiger partial charge on any atom is 0.0482 e. The van der Waals surface area contributed by atoms with Crippen LogP contribution in [0, 0.1) is 0 Å². The van der Waals surface area contributed by atoms with E-state index in [1.54, 1.807) is 0 Å². The molecule has 0 aliphatic heterocycles. The van der Waals surface area contributed by atoms with Crippen molar-refractivity contribution in [1.82, 2.24) is 9.88 Å². The first-order chi connectivity index (χ1) is 10.4. The molecular weight excluding hydrogens is 256 g/mol. The molecule has 2 aromatic rings. The molecule has 114 valence electrons. The van der Waals surface area contributed by atoms with Gasteiger partial charge in [-0.2, -0.15) is 0 Å². The molecular formula is C19H28N2. The standard InChI is InChI=1S/C19H28N2/c1-2-3-4-5-8-13-21-18(15-20-17-11-12-17)14-16-9-6-7-10-19(16)21/h6-7,9-10,14,17,20H,2-5,8,11-13,15H2,1H3. The number of aryl methyl sites for hydroxylation is 1. The van der Waals surface area contributed by atoms with Gasteiger partial charge < -0.3 is 9.88 Å². The third-order valence-corrected chi connectivity index (χ3v) is 4.53. The van der Waals surface area contributed by atoms with E-state index in [9.17, 15) is 0 Å². The van der Waals surface area contributed by atoms with Crippen molar-refractivity contribution < 1.29 is 0 Å². The maximum absolute atomic E-state index is 3.66. The molecule has 1 aromatic carbocycles. The van der Waals surface area contributed by atoms with Crippen LogP contribution >= 0.6 is 0 Å². The second-order valence-corrected chi connectivity index (χ2v) is 6.42. The highest BCUT2D eigenvalue weighted by Crippen LogP contribution is 2.23. The molecule has 0 spiro atoms. The number of hydrogen-bond acceptors (Lipinski definition) is 1. The van der Waals surface area contributed by atoms with E-state index in [-0.39, 0.29) is 0 Å². The Morgan fingerprint density at radius 1 is 1.10 bits per heavy atom. The Bertz CT molecular complexity index is 566. The van der Waals surface area contributed by atoms with Gasteiger partial charge in [0.25, 0.3) is 0 Å². The van der Waals surface area contributed by atoms with Gasteiger partial charge in [-0.05, 0) is 36.8 Å². The van der Waals surface area contributed by atoms with Crippen LogP contribution in [-0.4, -0.2) is 10.6 Å². The van der Waals surface area contributed by atoms with Crippen molar-refractivity contribution in [3.63, 3.8) is 0 Å². The van der Waals surface area contributed by atoms with Crippen LogP contribution in [0.25, 0.3) is 10.9 Å². The van der Waals surface area contributed by atoms with E-state index in [0.29, 0.717) is 0 Å². The molecule has 0 saturated heterocycles. The summed E-state index contributed by atoms with van der Waals surface area (Å²) in [5, 5.41) is 5.05. The van der Waals surface area contributed by atoms with Gasteiger partial charge in [0.05, 0.1) is 0 Å². The lowest BCUT2D eigenvalue weighted by Gasteiger charge is -2.11. The van der Waals surface area contributed by atoms with Gasteiger partial charge in [0.2, 0.25) is 0 Å². The van der Waals surface area contributed by atoms with Crippen molar-refractivity contribution in [3.8, 4) is 0 Å². The second-order valence-electron chi connectivity index (χ2n) is 6.42. The average molecular weight is 284 g/mol. The minimum atomic E-state index is 0.779. The Balaban J connectivity index is 1.68. The number of fused-ring (bicyclic) bond motifs is 1. The van der Waals surface area contributed by atoms with Crippen LogP contribution in [0.15, 0.2) is 30.3 Å². The molecule has 21 heavy (non-hydrogen) atoms. The van der Waals surface area contributed by atoms with Gasteiger partial charge in [-0.1, -0.05) is 50.8 Å². The van der Waals surface area contributed by atoms with E-state index in [4.69, 9.17) is 0 Å². The summed E-state index contributed by atoms with van der Waals surface area (Å²) in [6.45, 7) is 4.47. The van der Waals surface area contributed by atoms with E-state index in [2.05, 4.69) is 47.1 Å². The zero-order chi connectivity index (χ0) is 14.5. The van der Waals surface area contributed by atoms with Gasteiger partial charge in [0.1, 0.15) is 0 Å². The molecule has 0 amide bonds. The molecule has 1 saturated carbocycles. The van der Waals surface area contributed by atoms with Crippen LogP contribution in [0.5, 0.6) is 0 Å². The van der Waals surface area contributed by atoms with Crippen LogP contribution in [0.1, 0.15) is 57.6 Å². The summed E-state index contributed by atoms with van der Waals surface area (Å²) in [4.78, 5) is 0. The summed E-state index contributed by atoms with van der Waals surface area (Å²) in [5.41, 5.74) is 2.86. The lowest BCUT2D eigenvalue weighted by Crippen LogP contribution is -2.18. The molecule has 1 aliphatic carbocycles. The van der Waals surface area contributed by atoms with E-state index in [1.165, 1.54) is 68.1 Å². The number of nitrogens with one attached hydrogen (secondary N) is 1. The van der Waals surface area contributed by atoms with Crippen molar-refractivity contribution in [2.24, 2.45) is 0 Å². The summed E-state index contributed by atoms with van der Waals surface area (Å²) in [6.07, 6.45) is 9.45. The average Bonchev–Trinajstić information content (AvgIpc) is 3.27. The molecule has 0 unspecified atom stereocenters. The Labute approximate surface area is 128 Å². The van der Waals surface area contributed by atoms with Crippen LogP contribution in [0.4, 0.5) is 0 Å². The van der Waals surface area contributed by atoms with Gasteiger partial charge >= 0.3 is 0 Å². The van der Waals surface area contributed by atoms with E-state index in [0.717, 1.165) is 12.6 Å². The number of benzene rings is 1. The lowest BCUT2D eigenvalue weighted by atomic mass is 10.1. The van der Waals surface area contributed by atoms with Gasteiger partial charge in [-0.15, -0.1) is 0 Å². The monoisotopic (exact) mass is 284 g/mol. The first-order valence-corrected chi connectivity index (χ1v) is 8.69. The van der Waals surface area contributed by atoms with Crippen molar-refractivity contribution in [3.05, 3.63) is 36.0 Å². The summed E-state index contributed by atoms with van der Waals surface area (Å²) < 4.78 is 2.54. The Morgan fingerprint density at radius 3 is 2.71 bits per heavy atom. The Kier molecular flexibility index (Phi) is 4.97. The number of rotatable bonds is 9. The highest BCUT2D eigenvalue weighted by atomic mass is 15.0. The normalized spacial score (nSPS) is 14.9.